The highest BCUT2D eigenvalue weighted by Gasteiger charge is 2.22. The monoisotopic (exact) mass is 277 g/mol. The fourth-order valence-electron chi connectivity index (χ4n) is 2.53. The van der Waals surface area contributed by atoms with Crippen LogP contribution in [0.2, 0.25) is 5.02 Å². The zero-order valence-electron chi connectivity index (χ0n) is 9.66. The van der Waals surface area contributed by atoms with Crippen LogP contribution in [0.15, 0.2) is 18.2 Å². The van der Waals surface area contributed by atoms with Gasteiger partial charge in [0.2, 0.25) is 0 Å². The predicted octanol–water partition coefficient (Wildman–Crippen LogP) is 4.48. The highest BCUT2D eigenvalue weighted by atomic mass is 35.5. The molecule has 0 saturated heterocycles. The van der Waals surface area contributed by atoms with Gasteiger partial charge in [-0.2, -0.15) is 0 Å². The van der Waals surface area contributed by atoms with Crippen LogP contribution >= 0.6 is 24.0 Å². The minimum atomic E-state index is -0.297. The minimum Gasteiger partial charge on any atom is -0.324 e. The molecule has 1 aromatic rings. The maximum Gasteiger partial charge on any atom is 0.125 e. The van der Waals surface area contributed by atoms with Gasteiger partial charge >= 0.3 is 0 Å². The SMILES string of the molecule is Cl.N[C@@H](c1cc(F)cc(Cl)c1)C1CCCCC1. The molecule has 1 aliphatic carbocycles. The van der Waals surface area contributed by atoms with Gasteiger partial charge in [0.1, 0.15) is 5.82 Å². The van der Waals surface area contributed by atoms with E-state index in [0.717, 1.165) is 18.4 Å². The summed E-state index contributed by atoms with van der Waals surface area (Å²) in [6.07, 6.45) is 6.07. The minimum absolute atomic E-state index is 0. The number of nitrogens with two attached hydrogens (primary N) is 1. The van der Waals surface area contributed by atoms with Crippen LogP contribution in [0, 0.1) is 11.7 Å². The second-order valence-electron chi connectivity index (χ2n) is 4.63. The Morgan fingerprint density at radius 1 is 1.18 bits per heavy atom. The van der Waals surface area contributed by atoms with E-state index in [0.29, 0.717) is 10.9 Å². The lowest BCUT2D eigenvalue weighted by Gasteiger charge is -2.27. The first-order valence-corrected chi connectivity index (χ1v) is 6.26. The molecule has 1 atom stereocenters. The Kier molecular flexibility index (Phi) is 5.71. The van der Waals surface area contributed by atoms with Crippen LogP contribution in [-0.2, 0) is 0 Å². The molecule has 4 heteroatoms. The van der Waals surface area contributed by atoms with Crippen LogP contribution in [0.25, 0.3) is 0 Å². The van der Waals surface area contributed by atoms with Crippen molar-refractivity contribution in [3.8, 4) is 0 Å². The van der Waals surface area contributed by atoms with Crippen molar-refractivity contribution in [3.05, 3.63) is 34.6 Å². The molecule has 2 N–H and O–H groups in total. The van der Waals surface area contributed by atoms with Crippen molar-refractivity contribution in [2.24, 2.45) is 11.7 Å². The van der Waals surface area contributed by atoms with Crippen LogP contribution in [0.1, 0.15) is 43.7 Å². The van der Waals surface area contributed by atoms with Crippen LogP contribution in [0.5, 0.6) is 0 Å². The lowest BCUT2D eigenvalue weighted by molar-refractivity contribution is 0.308. The molecule has 0 spiro atoms. The third kappa shape index (κ3) is 3.84. The second kappa shape index (κ2) is 6.58. The van der Waals surface area contributed by atoms with E-state index in [1.807, 2.05) is 0 Å². The van der Waals surface area contributed by atoms with E-state index < -0.39 is 0 Å². The van der Waals surface area contributed by atoms with Crippen molar-refractivity contribution in [2.45, 2.75) is 38.1 Å². The van der Waals surface area contributed by atoms with Crippen LogP contribution in [0.3, 0.4) is 0 Å². The van der Waals surface area contributed by atoms with Gasteiger partial charge in [-0.15, -0.1) is 12.4 Å². The van der Waals surface area contributed by atoms with Crippen LogP contribution in [0.4, 0.5) is 4.39 Å². The van der Waals surface area contributed by atoms with Gasteiger partial charge < -0.3 is 5.73 Å². The number of benzene rings is 1. The number of rotatable bonds is 2. The van der Waals surface area contributed by atoms with Gasteiger partial charge in [0.25, 0.3) is 0 Å². The van der Waals surface area contributed by atoms with Crippen molar-refractivity contribution in [2.75, 3.05) is 0 Å². The molecule has 2 rings (SSSR count). The van der Waals surface area contributed by atoms with E-state index in [-0.39, 0.29) is 24.3 Å². The average molecular weight is 278 g/mol. The molecule has 0 amide bonds. The summed E-state index contributed by atoms with van der Waals surface area (Å²) in [5.41, 5.74) is 7.01. The summed E-state index contributed by atoms with van der Waals surface area (Å²) >= 11 is 5.84. The lowest BCUT2D eigenvalue weighted by Crippen LogP contribution is -2.23. The molecule has 1 saturated carbocycles. The molecule has 96 valence electrons. The first kappa shape index (κ1) is 14.7. The highest BCUT2D eigenvalue weighted by molar-refractivity contribution is 6.30. The second-order valence-corrected chi connectivity index (χ2v) is 5.06. The zero-order valence-corrected chi connectivity index (χ0v) is 11.2. The molecule has 17 heavy (non-hydrogen) atoms. The number of hydrogen-bond acceptors (Lipinski definition) is 1. The standard InChI is InChI=1S/C13H17ClFN.ClH/c14-11-6-10(7-12(15)8-11)13(16)9-4-2-1-3-5-9;/h6-9,13H,1-5,16H2;1H/t13-;/m1./s1. The summed E-state index contributed by atoms with van der Waals surface area (Å²) in [5.74, 6) is 0.181. The van der Waals surface area contributed by atoms with Crippen LogP contribution < -0.4 is 5.73 Å². The van der Waals surface area contributed by atoms with Gasteiger partial charge in [0, 0.05) is 11.1 Å². The summed E-state index contributed by atoms with van der Waals surface area (Å²) < 4.78 is 13.2. The van der Waals surface area contributed by atoms with Gasteiger partial charge in [0.05, 0.1) is 0 Å². The molecule has 0 unspecified atom stereocenters. The Morgan fingerprint density at radius 2 is 1.82 bits per heavy atom. The van der Waals surface area contributed by atoms with E-state index in [1.54, 1.807) is 6.07 Å². The fourth-order valence-corrected chi connectivity index (χ4v) is 2.76. The van der Waals surface area contributed by atoms with Gasteiger partial charge in [-0.1, -0.05) is 30.9 Å². The maximum absolute atomic E-state index is 13.2. The molecule has 0 aliphatic heterocycles. The fraction of sp³-hybridized carbons (Fsp3) is 0.538. The summed E-state index contributed by atoms with van der Waals surface area (Å²) in [6, 6.07) is 4.53. The Labute approximate surface area is 113 Å². The van der Waals surface area contributed by atoms with Gasteiger partial charge in [-0.25, -0.2) is 4.39 Å². The van der Waals surface area contributed by atoms with E-state index in [2.05, 4.69) is 0 Å². The molecule has 0 heterocycles. The van der Waals surface area contributed by atoms with Crippen molar-refractivity contribution in [3.63, 3.8) is 0 Å². The Bertz CT molecular complexity index is 344. The smallest absolute Gasteiger partial charge is 0.125 e. The molecular formula is C13H18Cl2FN. The van der Waals surface area contributed by atoms with Crippen molar-refractivity contribution < 1.29 is 4.39 Å². The van der Waals surface area contributed by atoms with Crippen molar-refractivity contribution >= 4 is 24.0 Å². The third-order valence-electron chi connectivity index (χ3n) is 3.43. The Hall–Kier alpha value is -0.310. The maximum atomic E-state index is 13.2. The quantitative estimate of drug-likeness (QED) is 0.848. The molecule has 1 aliphatic rings. The van der Waals surface area contributed by atoms with Gasteiger partial charge in [-0.05, 0) is 42.5 Å². The molecule has 1 fully saturated rings. The molecule has 0 bridgehead atoms. The van der Waals surface area contributed by atoms with Crippen molar-refractivity contribution in [1.82, 2.24) is 0 Å². The molecule has 0 radical (unpaired) electrons. The van der Waals surface area contributed by atoms with E-state index in [9.17, 15) is 4.39 Å². The lowest BCUT2D eigenvalue weighted by atomic mass is 9.81. The average Bonchev–Trinajstić information content (AvgIpc) is 2.28. The number of halogens is 3. The first-order valence-electron chi connectivity index (χ1n) is 5.88. The zero-order chi connectivity index (χ0) is 11.5. The summed E-state index contributed by atoms with van der Waals surface area (Å²) in [4.78, 5) is 0. The topological polar surface area (TPSA) is 26.0 Å². The normalized spacial score (nSPS) is 18.5. The predicted molar refractivity (Wildman–Crippen MR) is 72.2 cm³/mol. The summed E-state index contributed by atoms with van der Waals surface area (Å²) in [5, 5.41) is 0.432. The molecular weight excluding hydrogens is 260 g/mol. The first-order chi connectivity index (χ1) is 7.66. The van der Waals surface area contributed by atoms with Gasteiger partial charge in [0.15, 0.2) is 0 Å². The van der Waals surface area contributed by atoms with Crippen LogP contribution in [-0.4, -0.2) is 0 Å². The summed E-state index contributed by atoms with van der Waals surface area (Å²) in [7, 11) is 0. The molecule has 1 nitrogen and oxygen atoms in total. The molecule has 1 aromatic carbocycles. The van der Waals surface area contributed by atoms with E-state index in [1.165, 1.54) is 31.4 Å². The number of hydrogen-bond donors (Lipinski definition) is 1. The van der Waals surface area contributed by atoms with Gasteiger partial charge in [-0.3, -0.25) is 0 Å². The summed E-state index contributed by atoms with van der Waals surface area (Å²) in [6.45, 7) is 0. The van der Waals surface area contributed by atoms with Crippen molar-refractivity contribution in [1.29, 1.82) is 0 Å². The Balaban J connectivity index is 0.00000144. The Morgan fingerprint density at radius 3 is 2.41 bits per heavy atom. The third-order valence-corrected chi connectivity index (χ3v) is 3.65. The largest absolute Gasteiger partial charge is 0.324 e. The molecule has 0 aromatic heterocycles. The highest BCUT2D eigenvalue weighted by Crippen LogP contribution is 2.33. The van der Waals surface area contributed by atoms with E-state index in [4.69, 9.17) is 17.3 Å². The van der Waals surface area contributed by atoms with E-state index >= 15 is 0 Å².